The molecule has 2 N–H and O–H groups in total. The highest BCUT2D eigenvalue weighted by molar-refractivity contribution is 5.73. The Hall–Kier alpha value is -0.830. The van der Waals surface area contributed by atoms with E-state index in [4.69, 9.17) is 0 Å². The van der Waals surface area contributed by atoms with Crippen LogP contribution in [0, 0.1) is 5.92 Å². The van der Waals surface area contributed by atoms with Gasteiger partial charge in [0.1, 0.15) is 6.04 Å². The lowest BCUT2D eigenvalue weighted by Crippen LogP contribution is -2.47. The highest BCUT2D eigenvalue weighted by Crippen LogP contribution is 2.27. The van der Waals surface area contributed by atoms with Gasteiger partial charge in [0.2, 0.25) is 0 Å². The standard InChI is InChI=1S/C16H29NO2/c1-3-4-5-7-10-13(2)17-15(16(18)19)14-11-8-6-9-12-14/h3,13-15,17H,1,4-12H2,2H3,(H,18,19)/t13?,15-/m0/s1. The molecule has 1 aliphatic rings. The number of carbonyl (C=O) groups is 1. The fourth-order valence-corrected chi connectivity index (χ4v) is 3.01. The fourth-order valence-electron chi connectivity index (χ4n) is 3.01. The Bertz CT molecular complexity index is 272. The summed E-state index contributed by atoms with van der Waals surface area (Å²) in [5, 5.41) is 12.7. The van der Waals surface area contributed by atoms with E-state index in [1.807, 2.05) is 6.08 Å². The van der Waals surface area contributed by atoms with Gasteiger partial charge in [0.15, 0.2) is 0 Å². The van der Waals surface area contributed by atoms with Crippen molar-refractivity contribution in [2.45, 2.75) is 76.8 Å². The zero-order valence-corrected chi connectivity index (χ0v) is 12.2. The smallest absolute Gasteiger partial charge is 0.320 e. The van der Waals surface area contributed by atoms with Gasteiger partial charge in [-0.2, -0.15) is 0 Å². The van der Waals surface area contributed by atoms with Gasteiger partial charge in [0.05, 0.1) is 0 Å². The summed E-state index contributed by atoms with van der Waals surface area (Å²) in [7, 11) is 0. The van der Waals surface area contributed by atoms with E-state index in [1.54, 1.807) is 0 Å². The van der Waals surface area contributed by atoms with Crippen LogP contribution in [0.3, 0.4) is 0 Å². The van der Waals surface area contributed by atoms with Gasteiger partial charge >= 0.3 is 5.97 Å². The number of carboxylic acid groups (broad SMARTS) is 1. The lowest BCUT2D eigenvalue weighted by Gasteiger charge is -2.30. The van der Waals surface area contributed by atoms with E-state index in [9.17, 15) is 9.90 Å². The Morgan fingerprint density at radius 1 is 1.37 bits per heavy atom. The fraction of sp³-hybridized carbons (Fsp3) is 0.812. The molecule has 1 unspecified atom stereocenters. The Labute approximate surface area is 117 Å². The van der Waals surface area contributed by atoms with Gasteiger partial charge in [-0.05, 0) is 44.9 Å². The normalized spacial score (nSPS) is 19.8. The molecule has 19 heavy (non-hydrogen) atoms. The van der Waals surface area contributed by atoms with E-state index in [0.29, 0.717) is 5.92 Å². The Kier molecular flexibility index (Phi) is 7.80. The van der Waals surface area contributed by atoms with Gasteiger partial charge in [0, 0.05) is 6.04 Å². The first-order valence-corrected chi connectivity index (χ1v) is 7.75. The number of rotatable bonds is 9. The summed E-state index contributed by atoms with van der Waals surface area (Å²) in [6, 6.07) is -0.0671. The average molecular weight is 267 g/mol. The van der Waals surface area contributed by atoms with Crippen molar-refractivity contribution in [1.82, 2.24) is 5.32 Å². The number of nitrogens with one attached hydrogen (secondary N) is 1. The van der Waals surface area contributed by atoms with E-state index >= 15 is 0 Å². The first kappa shape index (κ1) is 16.2. The minimum absolute atomic E-state index is 0.285. The molecule has 0 heterocycles. The van der Waals surface area contributed by atoms with Gasteiger partial charge in [-0.1, -0.05) is 31.8 Å². The Morgan fingerprint density at radius 2 is 2.05 bits per heavy atom. The van der Waals surface area contributed by atoms with Gasteiger partial charge < -0.3 is 10.4 Å². The van der Waals surface area contributed by atoms with Crippen molar-refractivity contribution in [3.63, 3.8) is 0 Å². The molecule has 110 valence electrons. The maximum atomic E-state index is 11.4. The highest BCUT2D eigenvalue weighted by Gasteiger charge is 2.29. The second kappa shape index (κ2) is 9.13. The summed E-state index contributed by atoms with van der Waals surface area (Å²) in [6.07, 6.45) is 12.1. The molecule has 3 heteroatoms. The molecule has 3 nitrogen and oxygen atoms in total. The maximum absolute atomic E-state index is 11.4. The Morgan fingerprint density at radius 3 is 2.63 bits per heavy atom. The molecule has 1 aliphatic carbocycles. The van der Waals surface area contributed by atoms with Crippen molar-refractivity contribution in [2.24, 2.45) is 5.92 Å². The van der Waals surface area contributed by atoms with Crippen molar-refractivity contribution < 1.29 is 9.90 Å². The third-order valence-corrected chi connectivity index (χ3v) is 4.15. The zero-order valence-electron chi connectivity index (χ0n) is 12.2. The van der Waals surface area contributed by atoms with Crippen molar-refractivity contribution in [2.75, 3.05) is 0 Å². The Balaban J connectivity index is 2.35. The molecule has 0 radical (unpaired) electrons. The third-order valence-electron chi connectivity index (χ3n) is 4.15. The van der Waals surface area contributed by atoms with Crippen LogP contribution in [0.25, 0.3) is 0 Å². The lowest BCUT2D eigenvalue weighted by molar-refractivity contribution is -0.141. The van der Waals surface area contributed by atoms with Crippen LogP contribution >= 0.6 is 0 Å². The molecule has 0 aliphatic heterocycles. The molecule has 1 saturated carbocycles. The first-order chi connectivity index (χ1) is 9.15. The summed E-state index contributed by atoms with van der Waals surface area (Å²) < 4.78 is 0. The predicted octanol–water partition coefficient (Wildman–Crippen LogP) is 3.74. The van der Waals surface area contributed by atoms with Crippen LogP contribution < -0.4 is 5.32 Å². The van der Waals surface area contributed by atoms with Gasteiger partial charge in [0.25, 0.3) is 0 Å². The largest absolute Gasteiger partial charge is 0.480 e. The van der Waals surface area contributed by atoms with Gasteiger partial charge in [-0.25, -0.2) is 0 Å². The van der Waals surface area contributed by atoms with E-state index in [0.717, 1.165) is 38.5 Å². The summed E-state index contributed by atoms with van der Waals surface area (Å²) in [6.45, 7) is 5.82. The number of allylic oxidation sites excluding steroid dienone is 1. The predicted molar refractivity (Wildman–Crippen MR) is 79.3 cm³/mol. The van der Waals surface area contributed by atoms with Crippen molar-refractivity contribution in [3.8, 4) is 0 Å². The van der Waals surface area contributed by atoms with Crippen LogP contribution in [0.1, 0.15) is 64.7 Å². The summed E-state index contributed by atoms with van der Waals surface area (Å²) >= 11 is 0. The second-order valence-corrected chi connectivity index (χ2v) is 5.85. The van der Waals surface area contributed by atoms with E-state index in [2.05, 4.69) is 18.8 Å². The summed E-state index contributed by atoms with van der Waals surface area (Å²) in [5.74, 6) is -0.355. The van der Waals surface area contributed by atoms with Crippen LogP contribution in [0.2, 0.25) is 0 Å². The van der Waals surface area contributed by atoms with E-state index < -0.39 is 5.97 Å². The number of hydrogen-bond donors (Lipinski definition) is 2. The molecular weight excluding hydrogens is 238 g/mol. The van der Waals surface area contributed by atoms with Crippen LogP contribution in [0.4, 0.5) is 0 Å². The van der Waals surface area contributed by atoms with E-state index in [1.165, 1.54) is 19.3 Å². The maximum Gasteiger partial charge on any atom is 0.320 e. The minimum atomic E-state index is -0.676. The van der Waals surface area contributed by atoms with E-state index in [-0.39, 0.29) is 12.1 Å². The molecule has 2 atom stereocenters. The molecule has 1 fully saturated rings. The molecule has 1 rings (SSSR count). The van der Waals surface area contributed by atoms with Crippen LogP contribution in [-0.4, -0.2) is 23.2 Å². The van der Waals surface area contributed by atoms with Gasteiger partial charge in [-0.3, -0.25) is 4.79 Å². The topological polar surface area (TPSA) is 49.3 Å². The highest BCUT2D eigenvalue weighted by atomic mass is 16.4. The molecule has 0 bridgehead atoms. The first-order valence-electron chi connectivity index (χ1n) is 7.75. The quantitative estimate of drug-likeness (QED) is 0.494. The second-order valence-electron chi connectivity index (χ2n) is 5.85. The van der Waals surface area contributed by atoms with Crippen molar-refractivity contribution in [3.05, 3.63) is 12.7 Å². The lowest BCUT2D eigenvalue weighted by atomic mass is 9.83. The molecule has 0 aromatic heterocycles. The number of unbranched alkanes of at least 4 members (excludes halogenated alkanes) is 2. The minimum Gasteiger partial charge on any atom is -0.480 e. The molecular formula is C16H29NO2. The van der Waals surface area contributed by atoms with Crippen LogP contribution in [-0.2, 0) is 4.79 Å². The zero-order chi connectivity index (χ0) is 14.1. The van der Waals surface area contributed by atoms with Gasteiger partial charge in [-0.15, -0.1) is 6.58 Å². The molecule has 0 saturated heterocycles. The molecule has 0 aromatic rings. The number of carboxylic acids is 1. The average Bonchev–Trinajstić information content (AvgIpc) is 2.41. The third kappa shape index (κ3) is 6.24. The van der Waals surface area contributed by atoms with Crippen molar-refractivity contribution >= 4 is 5.97 Å². The number of aliphatic carboxylic acids is 1. The summed E-state index contributed by atoms with van der Waals surface area (Å²) in [4.78, 5) is 11.4. The summed E-state index contributed by atoms with van der Waals surface area (Å²) in [5.41, 5.74) is 0. The monoisotopic (exact) mass is 267 g/mol. The number of hydrogen-bond acceptors (Lipinski definition) is 2. The molecule has 0 amide bonds. The van der Waals surface area contributed by atoms with Crippen LogP contribution in [0.5, 0.6) is 0 Å². The SMILES string of the molecule is C=CCCCCC(C)N[C@H](C(=O)O)C1CCCCC1. The molecule has 0 aromatic carbocycles. The van der Waals surface area contributed by atoms with Crippen molar-refractivity contribution in [1.29, 1.82) is 0 Å². The van der Waals surface area contributed by atoms with Crippen LogP contribution in [0.15, 0.2) is 12.7 Å². The molecule has 0 spiro atoms.